The predicted octanol–water partition coefficient (Wildman–Crippen LogP) is 6.84. The standard InChI is InChI=1S/C36H33N3O5/c1-40-30-9-7-25(8-10-30)23-43-35-21-29(39-14-16-41-17-15-39)20-33(38-35)32-6-2-5-27-18-28-19-31(11-12-34(28)44-36(27)32)42-24-26-4-3-13-37-22-26/h2-13,19-22H,14-18,23-24H2,1H3. The third-order valence-electron chi connectivity index (χ3n) is 7.83. The monoisotopic (exact) mass is 587 g/mol. The van der Waals surface area contributed by atoms with Crippen LogP contribution in [0.25, 0.3) is 11.3 Å². The topological polar surface area (TPSA) is 75.2 Å². The summed E-state index contributed by atoms with van der Waals surface area (Å²) in [5.41, 5.74) is 7.01. The number of aromatic nitrogens is 2. The molecule has 0 spiro atoms. The minimum Gasteiger partial charge on any atom is -0.497 e. The zero-order chi connectivity index (χ0) is 29.7. The van der Waals surface area contributed by atoms with Crippen molar-refractivity contribution in [1.29, 1.82) is 0 Å². The molecule has 1 fully saturated rings. The van der Waals surface area contributed by atoms with Crippen molar-refractivity contribution in [2.45, 2.75) is 19.6 Å². The maximum atomic E-state index is 6.57. The molecule has 4 heterocycles. The molecule has 0 bridgehead atoms. The number of benzene rings is 3. The van der Waals surface area contributed by atoms with E-state index in [1.165, 1.54) is 0 Å². The van der Waals surface area contributed by atoms with Gasteiger partial charge in [-0.15, -0.1) is 0 Å². The summed E-state index contributed by atoms with van der Waals surface area (Å²) in [6, 6.07) is 28.1. The number of hydrogen-bond acceptors (Lipinski definition) is 8. The first-order valence-corrected chi connectivity index (χ1v) is 14.8. The Morgan fingerprint density at radius 3 is 2.45 bits per heavy atom. The quantitative estimate of drug-likeness (QED) is 0.182. The van der Waals surface area contributed by atoms with Gasteiger partial charge in [0.1, 0.15) is 36.2 Å². The minimum atomic E-state index is 0.394. The molecule has 8 heteroatoms. The van der Waals surface area contributed by atoms with Gasteiger partial charge in [0.2, 0.25) is 5.88 Å². The van der Waals surface area contributed by atoms with E-state index in [0.29, 0.717) is 32.3 Å². The minimum absolute atomic E-state index is 0.394. The van der Waals surface area contributed by atoms with E-state index in [4.69, 9.17) is 28.7 Å². The average molecular weight is 588 g/mol. The van der Waals surface area contributed by atoms with Crippen LogP contribution < -0.4 is 23.8 Å². The highest BCUT2D eigenvalue weighted by Gasteiger charge is 2.23. The number of rotatable bonds is 9. The second-order valence-corrected chi connectivity index (χ2v) is 10.8. The molecular formula is C36H33N3O5. The Kier molecular flexibility index (Phi) is 7.97. The number of methoxy groups -OCH3 is 1. The number of fused-ring (bicyclic) bond motifs is 2. The van der Waals surface area contributed by atoms with E-state index in [9.17, 15) is 0 Å². The highest BCUT2D eigenvalue weighted by Crippen LogP contribution is 2.44. The van der Waals surface area contributed by atoms with E-state index < -0.39 is 0 Å². The molecule has 2 aliphatic rings. The first-order valence-electron chi connectivity index (χ1n) is 14.8. The van der Waals surface area contributed by atoms with E-state index in [-0.39, 0.29) is 0 Å². The lowest BCUT2D eigenvalue weighted by Gasteiger charge is -2.29. The van der Waals surface area contributed by atoms with E-state index >= 15 is 0 Å². The first kappa shape index (κ1) is 27.7. The zero-order valence-electron chi connectivity index (χ0n) is 24.6. The van der Waals surface area contributed by atoms with E-state index in [1.54, 1.807) is 13.3 Å². The SMILES string of the molecule is COc1ccc(COc2cc(N3CCOCC3)cc(-c3cccc4c3Oc3ccc(OCc5cccnc5)cc3C4)n2)cc1. The summed E-state index contributed by atoms with van der Waals surface area (Å²) >= 11 is 0. The molecule has 222 valence electrons. The van der Waals surface area contributed by atoms with Crippen LogP contribution in [-0.4, -0.2) is 43.4 Å². The Bertz CT molecular complexity index is 1740. The normalized spacial score (nSPS) is 13.8. The highest BCUT2D eigenvalue weighted by molar-refractivity contribution is 5.75. The Morgan fingerprint density at radius 1 is 0.795 bits per heavy atom. The van der Waals surface area contributed by atoms with Crippen LogP contribution in [0, 0.1) is 0 Å². The van der Waals surface area contributed by atoms with Gasteiger partial charge in [-0.3, -0.25) is 4.98 Å². The van der Waals surface area contributed by atoms with Gasteiger partial charge in [-0.2, -0.15) is 0 Å². The molecule has 2 aromatic heterocycles. The number of ether oxygens (including phenoxy) is 5. The summed E-state index contributed by atoms with van der Waals surface area (Å²) in [5.74, 6) is 3.81. The molecule has 1 saturated heterocycles. The summed E-state index contributed by atoms with van der Waals surface area (Å²) in [6.45, 7) is 3.85. The molecule has 7 rings (SSSR count). The molecule has 0 saturated carbocycles. The second kappa shape index (κ2) is 12.7. The van der Waals surface area contributed by atoms with Crippen LogP contribution in [-0.2, 0) is 24.4 Å². The van der Waals surface area contributed by atoms with Crippen LogP contribution in [0.1, 0.15) is 22.3 Å². The molecule has 0 atom stereocenters. The Balaban J connectivity index is 1.16. The lowest BCUT2D eigenvalue weighted by molar-refractivity contribution is 0.122. The van der Waals surface area contributed by atoms with E-state index in [1.807, 2.05) is 60.8 Å². The third-order valence-corrected chi connectivity index (χ3v) is 7.83. The highest BCUT2D eigenvalue weighted by atomic mass is 16.5. The number of morpholine rings is 1. The Labute approximate surface area is 256 Å². The van der Waals surface area contributed by atoms with Crippen molar-refractivity contribution in [1.82, 2.24) is 9.97 Å². The maximum Gasteiger partial charge on any atom is 0.216 e. The number of pyridine rings is 2. The van der Waals surface area contributed by atoms with Crippen molar-refractivity contribution in [3.05, 3.63) is 120 Å². The molecule has 3 aromatic carbocycles. The van der Waals surface area contributed by atoms with E-state index in [2.05, 4.69) is 40.2 Å². The van der Waals surface area contributed by atoms with Crippen molar-refractivity contribution < 1.29 is 23.7 Å². The molecule has 44 heavy (non-hydrogen) atoms. The molecule has 0 N–H and O–H groups in total. The van der Waals surface area contributed by atoms with Crippen LogP contribution in [0.4, 0.5) is 5.69 Å². The first-order chi connectivity index (χ1) is 21.7. The van der Waals surface area contributed by atoms with Gasteiger partial charge in [0.15, 0.2) is 0 Å². The van der Waals surface area contributed by atoms with Gasteiger partial charge < -0.3 is 28.6 Å². The van der Waals surface area contributed by atoms with Crippen molar-refractivity contribution >= 4 is 5.69 Å². The summed E-state index contributed by atoms with van der Waals surface area (Å²) in [5, 5.41) is 0. The van der Waals surface area contributed by atoms with Crippen LogP contribution in [0.3, 0.4) is 0 Å². The summed E-state index contributed by atoms with van der Waals surface area (Å²) in [6.07, 6.45) is 4.31. The Morgan fingerprint density at radius 2 is 1.64 bits per heavy atom. The van der Waals surface area contributed by atoms with Gasteiger partial charge in [0, 0.05) is 65.9 Å². The molecule has 2 aliphatic heterocycles. The third kappa shape index (κ3) is 6.16. The zero-order valence-corrected chi connectivity index (χ0v) is 24.6. The fourth-order valence-corrected chi connectivity index (χ4v) is 5.48. The predicted molar refractivity (Wildman–Crippen MR) is 168 cm³/mol. The fraction of sp³-hybridized carbons (Fsp3) is 0.222. The van der Waals surface area contributed by atoms with E-state index in [0.717, 1.165) is 81.7 Å². The molecule has 0 amide bonds. The number of anilines is 1. The van der Waals surface area contributed by atoms with Crippen LogP contribution >= 0.6 is 0 Å². The molecule has 0 aliphatic carbocycles. The number of para-hydroxylation sites is 1. The number of nitrogens with zero attached hydrogens (tertiary/aromatic N) is 3. The Hall–Kier alpha value is -5.08. The van der Waals surface area contributed by atoms with Gasteiger partial charge in [-0.25, -0.2) is 4.98 Å². The molecule has 8 nitrogen and oxygen atoms in total. The van der Waals surface area contributed by atoms with Crippen molar-refractivity contribution in [3.63, 3.8) is 0 Å². The van der Waals surface area contributed by atoms with Gasteiger partial charge in [0.25, 0.3) is 0 Å². The second-order valence-electron chi connectivity index (χ2n) is 10.8. The summed E-state index contributed by atoms with van der Waals surface area (Å²) < 4.78 is 29.8. The largest absolute Gasteiger partial charge is 0.497 e. The van der Waals surface area contributed by atoms with Crippen LogP contribution in [0.5, 0.6) is 28.9 Å². The van der Waals surface area contributed by atoms with Crippen LogP contribution in [0.2, 0.25) is 0 Å². The molecule has 0 radical (unpaired) electrons. The smallest absolute Gasteiger partial charge is 0.216 e. The molecule has 0 unspecified atom stereocenters. The van der Waals surface area contributed by atoms with Crippen molar-refractivity contribution in [2.75, 3.05) is 38.3 Å². The van der Waals surface area contributed by atoms with Gasteiger partial charge >= 0.3 is 0 Å². The lowest BCUT2D eigenvalue weighted by atomic mass is 9.96. The van der Waals surface area contributed by atoms with Gasteiger partial charge in [-0.05, 0) is 54.1 Å². The average Bonchev–Trinajstić information content (AvgIpc) is 3.09. The summed E-state index contributed by atoms with van der Waals surface area (Å²) in [4.78, 5) is 11.4. The van der Waals surface area contributed by atoms with Gasteiger partial charge in [0.05, 0.1) is 26.0 Å². The van der Waals surface area contributed by atoms with Gasteiger partial charge in [-0.1, -0.05) is 30.3 Å². The van der Waals surface area contributed by atoms with Crippen molar-refractivity contribution in [3.8, 4) is 40.1 Å². The summed E-state index contributed by atoms with van der Waals surface area (Å²) in [7, 11) is 1.66. The molecular weight excluding hydrogens is 554 g/mol. The molecule has 5 aromatic rings. The fourth-order valence-electron chi connectivity index (χ4n) is 5.48. The maximum absolute atomic E-state index is 6.57. The van der Waals surface area contributed by atoms with Crippen LogP contribution in [0.15, 0.2) is 97.3 Å². The van der Waals surface area contributed by atoms with Crippen molar-refractivity contribution in [2.24, 2.45) is 0 Å². The number of hydrogen-bond donors (Lipinski definition) is 0. The lowest BCUT2D eigenvalue weighted by Crippen LogP contribution is -2.36.